The second kappa shape index (κ2) is 7.11. The van der Waals surface area contributed by atoms with E-state index in [2.05, 4.69) is 53.5 Å². The van der Waals surface area contributed by atoms with Gasteiger partial charge in [-0.1, -0.05) is 61.7 Å². The summed E-state index contributed by atoms with van der Waals surface area (Å²) in [5.74, 6) is 1.64. The zero-order valence-electron chi connectivity index (χ0n) is 15.6. The molecule has 1 N–H and O–H groups in total. The fourth-order valence-corrected chi connectivity index (χ4v) is 4.43. The maximum Gasteiger partial charge on any atom is 0.121 e. The largest absolute Gasteiger partial charge is 0.489 e. The van der Waals surface area contributed by atoms with Crippen molar-refractivity contribution < 1.29 is 4.74 Å². The minimum absolute atomic E-state index is 0.596. The predicted octanol–water partition coefficient (Wildman–Crippen LogP) is 6.95. The van der Waals surface area contributed by atoms with Gasteiger partial charge >= 0.3 is 0 Å². The van der Waals surface area contributed by atoms with Gasteiger partial charge in [-0.3, -0.25) is 0 Å². The number of aromatic amines is 1. The minimum Gasteiger partial charge on any atom is -0.489 e. The average molecular weight is 355 g/mol. The Labute approximate surface area is 160 Å². The van der Waals surface area contributed by atoms with Crippen molar-refractivity contribution in [2.45, 2.75) is 44.6 Å². The molecule has 1 fully saturated rings. The number of benzene rings is 3. The number of nitrogens with one attached hydrogen (secondary N) is 1. The van der Waals surface area contributed by atoms with Gasteiger partial charge in [-0.2, -0.15) is 0 Å². The lowest BCUT2D eigenvalue weighted by atomic mass is 9.84. The number of hydrogen-bond acceptors (Lipinski definition) is 1. The second-order valence-corrected chi connectivity index (χ2v) is 7.75. The number of hydrogen-bond donors (Lipinski definition) is 1. The lowest BCUT2D eigenvalue weighted by Gasteiger charge is -2.21. The molecular weight excluding hydrogens is 330 g/mol. The van der Waals surface area contributed by atoms with Crippen LogP contribution in [-0.2, 0) is 6.61 Å². The van der Waals surface area contributed by atoms with E-state index in [1.54, 1.807) is 0 Å². The van der Waals surface area contributed by atoms with Gasteiger partial charge in [0.25, 0.3) is 0 Å². The molecule has 0 spiro atoms. The van der Waals surface area contributed by atoms with Crippen LogP contribution < -0.4 is 4.74 Å². The van der Waals surface area contributed by atoms with Crippen molar-refractivity contribution in [1.82, 2.24) is 4.98 Å². The first kappa shape index (κ1) is 16.4. The Hall–Kier alpha value is -2.74. The molecule has 0 atom stereocenters. The molecule has 0 amide bonds. The van der Waals surface area contributed by atoms with Crippen LogP contribution in [0.1, 0.15) is 49.1 Å². The van der Waals surface area contributed by atoms with Gasteiger partial charge in [0, 0.05) is 22.4 Å². The van der Waals surface area contributed by atoms with Gasteiger partial charge in [-0.25, -0.2) is 0 Å². The van der Waals surface area contributed by atoms with E-state index in [0.29, 0.717) is 6.61 Å². The first-order chi connectivity index (χ1) is 13.4. The predicted molar refractivity (Wildman–Crippen MR) is 112 cm³/mol. The van der Waals surface area contributed by atoms with Crippen LogP contribution >= 0.6 is 0 Å². The molecule has 2 nitrogen and oxygen atoms in total. The molecular formula is C25H25NO. The van der Waals surface area contributed by atoms with E-state index in [0.717, 1.165) is 17.2 Å². The van der Waals surface area contributed by atoms with Gasteiger partial charge in [-0.15, -0.1) is 0 Å². The monoisotopic (exact) mass is 355 g/mol. The van der Waals surface area contributed by atoms with Crippen molar-refractivity contribution in [3.05, 3.63) is 77.9 Å². The van der Waals surface area contributed by atoms with E-state index in [-0.39, 0.29) is 0 Å². The topological polar surface area (TPSA) is 25.0 Å². The van der Waals surface area contributed by atoms with Crippen LogP contribution in [0.5, 0.6) is 5.75 Å². The Kier molecular flexibility index (Phi) is 4.33. The fraction of sp³-hybridized carbons (Fsp3) is 0.280. The summed E-state index contributed by atoms with van der Waals surface area (Å²) >= 11 is 0. The third kappa shape index (κ3) is 3.32. The van der Waals surface area contributed by atoms with Gasteiger partial charge in [-0.05, 0) is 48.1 Å². The van der Waals surface area contributed by atoms with Crippen molar-refractivity contribution in [3.8, 4) is 5.75 Å². The van der Waals surface area contributed by atoms with Crippen LogP contribution in [0.3, 0.4) is 0 Å². The summed E-state index contributed by atoms with van der Waals surface area (Å²) in [6.45, 7) is 0.596. The lowest BCUT2D eigenvalue weighted by Crippen LogP contribution is -2.04. The van der Waals surface area contributed by atoms with E-state index < -0.39 is 0 Å². The molecule has 0 bridgehead atoms. The number of aromatic nitrogens is 1. The van der Waals surface area contributed by atoms with Crippen LogP contribution in [0.15, 0.2) is 66.7 Å². The molecule has 0 saturated heterocycles. The van der Waals surface area contributed by atoms with Gasteiger partial charge in [0.15, 0.2) is 0 Å². The highest BCUT2D eigenvalue weighted by Gasteiger charge is 2.16. The molecule has 0 radical (unpaired) electrons. The molecule has 1 aromatic heterocycles. The Balaban J connectivity index is 1.43. The number of H-pyrrole nitrogens is 1. The summed E-state index contributed by atoms with van der Waals surface area (Å²) in [5, 5.41) is 2.58. The Bertz CT molecular complexity index is 1060. The highest BCUT2D eigenvalue weighted by atomic mass is 16.5. The summed E-state index contributed by atoms with van der Waals surface area (Å²) in [6.07, 6.45) is 6.82. The van der Waals surface area contributed by atoms with Crippen LogP contribution in [-0.4, -0.2) is 4.98 Å². The first-order valence-electron chi connectivity index (χ1n) is 10.1. The molecule has 5 rings (SSSR count). The summed E-state index contributed by atoms with van der Waals surface area (Å²) in [6, 6.07) is 23.7. The molecule has 0 aliphatic heterocycles. The molecule has 1 heterocycles. The van der Waals surface area contributed by atoms with E-state index >= 15 is 0 Å². The summed E-state index contributed by atoms with van der Waals surface area (Å²) in [7, 11) is 0. The number of fused-ring (bicyclic) bond motifs is 3. The van der Waals surface area contributed by atoms with Gasteiger partial charge in [0.1, 0.15) is 12.4 Å². The van der Waals surface area contributed by atoms with E-state index in [9.17, 15) is 0 Å². The minimum atomic E-state index is 0.596. The van der Waals surface area contributed by atoms with Crippen molar-refractivity contribution in [3.63, 3.8) is 0 Å². The third-order valence-corrected chi connectivity index (χ3v) is 5.92. The zero-order chi connectivity index (χ0) is 18.1. The standard InChI is InChI=1S/C25H25NO/c1-3-7-18(8-4-1)17-27-21-12-14-23-22-13-11-20(19-9-5-2-6-10-19)15-24(22)26-25(23)16-21/h1,3-4,7-8,11-16,19,26H,2,5-6,9-10,17H2. The summed E-state index contributed by atoms with van der Waals surface area (Å²) < 4.78 is 6.00. The number of rotatable bonds is 4. The normalized spacial score (nSPS) is 15.4. The van der Waals surface area contributed by atoms with E-state index in [1.165, 1.54) is 59.5 Å². The Morgan fingerprint density at radius 3 is 2.33 bits per heavy atom. The quantitative estimate of drug-likeness (QED) is 0.421. The smallest absolute Gasteiger partial charge is 0.121 e. The van der Waals surface area contributed by atoms with E-state index in [1.807, 2.05) is 18.2 Å². The van der Waals surface area contributed by atoms with Gasteiger partial charge in [0.05, 0.1) is 5.52 Å². The van der Waals surface area contributed by atoms with E-state index in [4.69, 9.17) is 4.74 Å². The molecule has 1 saturated carbocycles. The Morgan fingerprint density at radius 2 is 1.52 bits per heavy atom. The van der Waals surface area contributed by atoms with Crippen LogP contribution in [0.25, 0.3) is 21.8 Å². The molecule has 27 heavy (non-hydrogen) atoms. The zero-order valence-corrected chi connectivity index (χ0v) is 15.6. The molecule has 4 aromatic rings. The maximum absolute atomic E-state index is 6.00. The molecule has 136 valence electrons. The molecule has 2 heteroatoms. The van der Waals surface area contributed by atoms with Crippen LogP contribution in [0.2, 0.25) is 0 Å². The van der Waals surface area contributed by atoms with Gasteiger partial charge in [0.2, 0.25) is 0 Å². The average Bonchev–Trinajstić information content (AvgIpc) is 3.10. The molecule has 3 aromatic carbocycles. The fourth-order valence-electron chi connectivity index (χ4n) is 4.43. The lowest BCUT2D eigenvalue weighted by molar-refractivity contribution is 0.306. The summed E-state index contributed by atoms with van der Waals surface area (Å²) in [4.78, 5) is 3.62. The highest BCUT2D eigenvalue weighted by molar-refractivity contribution is 6.07. The SMILES string of the molecule is c1ccc(COc2ccc3c(c2)[nH]c2cc(C4CCCCC4)ccc23)cc1. The third-order valence-electron chi connectivity index (χ3n) is 5.92. The molecule has 1 aliphatic rings. The van der Waals surface area contributed by atoms with Crippen molar-refractivity contribution in [1.29, 1.82) is 0 Å². The van der Waals surface area contributed by atoms with Crippen molar-refractivity contribution in [2.24, 2.45) is 0 Å². The number of ether oxygens (including phenoxy) is 1. The van der Waals surface area contributed by atoms with Crippen LogP contribution in [0, 0.1) is 0 Å². The highest BCUT2D eigenvalue weighted by Crippen LogP contribution is 2.36. The summed E-state index contributed by atoms with van der Waals surface area (Å²) in [5.41, 5.74) is 5.07. The maximum atomic E-state index is 6.00. The molecule has 0 unspecified atom stereocenters. The van der Waals surface area contributed by atoms with Crippen molar-refractivity contribution >= 4 is 21.8 Å². The second-order valence-electron chi connectivity index (χ2n) is 7.75. The van der Waals surface area contributed by atoms with Crippen molar-refractivity contribution in [2.75, 3.05) is 0 Å². The van der Waals surface area contributed by atoms with Crippen LogP contribution in [0.4, 0.5) is 0 Å². The Morgan fingerprint density at radius 1 is 0.778 bits per heavy atom. The first-order valence-corrected chi connectivity index (χ1v) is 10.1. The molecule has 1 aliphatic carbocycles. The van der Waals surface area contributed by atoms with Gasteiger partial charge < -0.3 is 9.72 Å².